The summed E-state index contributed by atoms with van der Waals surface area (Å²) in [7, 11) is 1.71. The molecule has 3 nitrogen and oxygen atoms in total. The molecule has 1 aromatic rings. The molecule has 1 amide bonds. The minimum Gasteiger partial charge on any atom is -0.496 e. The Labute approximate surface area is 115 Å². The molecule has 0 saturated carbocycles. The Morgan fingerprint density at radius 2 is 2.05 bits per heavy atom. The summed E-state index contributed by atoms with van der Waals surface area (Å²) < 4.78 is 5.49. The third-order valence-corrected chi connectivity index (χ3v) is 3.94. The summed E-state index contributed by atoms with van der Waals surface area (Å²) in [6.45, 7) is 11.0. The fourth-order valence-corrected chi connectivity index (χ4v) is 3.10. The van der Waals surface area contributed by atoms with Crippen LogP contribution in [-0.4, -0.2) is 19.6 Å². The van der Waals surface area contributed by atoms with E-state index < -0.39 is 0 Å². The lowest BCUT2D eigenvalue weighted by molar-refractivity contribution is -0.121. The van der Waals surface area contributed by atoms with Crippen molar-refractivity contribution in [1.82, 2.24) is 0 Å². The van der Waals surface area contributed by atoms with Crippen LogP contribution >= 0.6 is 0 Å². The molecule has 0 bridgehead atoms. The van der Waals surface area contributed by atoms with Crippen molar-refractivity contribution in [2.45, 2.75) is 40.5 Å². The van der Waals surface area contributed by atoms with Crippen molar-refractivity contribution in [3.05, 3.63) is 22.8 Å². The van der Waals surface area contributed by atoms with Crippen LogP contribution in [0.4, 0.5) is 5.69 Å². The molecule has 1 aromatic carbocycles. The lowest BCUT2D eigenvalue weighted by Crippen LogP contribution is -2.33. The quantitative estimate of drug-likeness (QED) is 0.816. The molecule has 2 rings (SSSR count). The number of anilines is 1. The van der Waals surface area contributed by atoms with Gasteiger partial charge in [0.25, 0.3) is 0 Å². The van der Waals surface area contributed by atoms with Gasteiger partial charge in [0.15, 0.2) is 0 Å². The molecule has 0 aromatic heterocycles. The molecule has 19 heavy (non-hydrogen) atoms. The molecule has 1 aliphatic heterocycles. The number of nitrogens with zero attached hydrogens (tertiary/aromatic N) is 1. The van der Waals surface area contributed by atoms with Gasteiger partial charge in [0, 0.05) is 24.1 Å². The van der Waals surface area contributed by atoms with E-state index in [0.717, 1.165) is 23.5 Å². The second kappa shape index (κ2) is 4.87. The van der Waals surface area contributed by atoms with E-state index >= 15 is 0 Å². The summed E-state index contributed by atoms with van der Waals surface area (Å²) >= 11 is 0. The number of hydrogen-bond donors (Lipinski definition) is 0. The molecule has 3 heteroatoms. The topological polar surface area (TPSA) is 29.5 Å². The van der Waals surface area contributed by atoms with Gasteiger partial charge in [-0.2, -0.15) is 0 Å². The number of carbonyl (C=O) groups excluding carboxylic acids is 1. The summed E-state index contributed by atoms with van der Waals surface area (Å²) in [5, 5.41) is 0. The van der Waals surface area contributed by atoms with E-state index in [1.807, 2.05) is 25.7 Å². The number of ether oxygens (including phenoxy) is 1. The SMILES string of the molecule is COc1c(C)cc2c(c1C)C(C)CN2C(=O)C(C)C. The second-order valence-corrected chi connectivity index (χ2v) is 5.79. The third kappa shape index (κ3) is 2.11. The molecule has 0 N–H and O–H groups in total. The molecule has 1 atom stereocenters. The van der Waals surface area contributed by atoms with Crippen LogP contribution in [0.3, 0.4) is 0 Å². The van der Waals surface area contributed by atoms with Crippen molar-refractivity contribution in [1.29, 1.82) is 0 Å². The average molecular weight is 261 g/mol. The molecule has 1 aliphatic rings. The molecule has 1 heterocycles. The van der Waals surface area contributed by atoms with Crippen LogP contribution < -0.4 is 9.64 Å². The molecule has 0 fully saturated rings. The van der Waals surface area contributed by atoms with Gasteiger partial charge in [-0.15, -0.1) is 0 Å². The summed E-state index contributed by atoms with van der Waals surface area (Å²) in [6, 6.07) is 2.09. The molecule has 1 unspecified atom stereocenters. The first kappa shape index (κ1) is 13.9. The molecular weight excluding hydrogens is 238 g/mol. The maximum absolute atomic E-state index is 12.3. The average Bonchev–Trinajstić information content (AvgIpc) is 2.65. The van der Waals surface area contributed by atoms with E-state index in [4.69, 9.17) is 4.74 Å². The van der Waals surface area contributed by atoms with E-state index in [-0.39, 0.29) is 11.8 Å². The van der Waals surface area contributed by atoms with Gasteiger partial charge in [0.2, 0.25) is 5.91 Å². The van der Waals surface area contributed by atoms with Crippen LogP contribution in [0.2, 0.25) is 0 Å². The highest BCUT2D eigenvalue weighted by atomic mass is 16.5. The molecule has 0 spiro atoms. The lowest BCUT2D eigenvalue weighted by atomic mass is 9.95. The van der Waals surface area contributed by atoms with Crippen LogP contribution in [0, 0.1) is 19.8 Å². The predicted molar refractivity (Wildman–Crippen MR) is 78.1 cm³/mol. The van der Waals surface area contributed by atoms with Gasteiger partial charge >= 0.3 is 0 Å². The number of fused-ring (bicyclic) bond motifs is 1. The smallest absolute Gasteiger partial charge is 0.229 e. The molecule has 104 valence electrons. The number of rotatable bonds is 2. The van der Waals surface area contributed by atoms with E-state index in [1.54, 1.807) is 7.11 Å². The Hall–Kier alpha value is -1.51. The fourth-order valence-electron chi connectivity index (χ4n) is 3.10. The van der Waals surface area contributed by atoms with Gasteiger partial charge in [-0.05, 0) is 36.6 Å². The van der Waals surface area contributed by atoms with Gasteiger partial charge in [-0.25, -0.2) is 0 Å². The van der Waals surface area contributed by atoms with Crippen molar-refractivity contribution in [2.24, 2.45) is 5.92 Å². The molecule has 0 saturated heterocycles. The van der Waals surface area contributed by atoms with Crippen molar-refractivity contribution >= 4 is 11.6 Å². The van der Waals surface area contributed by atoms with Gasteiger partial charge in [0.1, 0.15) is 5.75 Å². The van der Waals surface area contributed by atoms with Crippen LogP contribution in [0.15, 0.2) is 6.07 Å². The first-order valence-electron chi connectivity index (χ1n) is 6.87. The summed E-state index contributed by atoms with van der Waals surface area (Å²) in [5.74, 6) is 1.55. The lowest BCUT2D eigenvalue weighted by Gasteiger charge is -2.21. The Morgan fingerprint density at radius 3 is 2.58 bits per heavy atom. The normalized spacial score (nSPS) is 17.8. The highest BCUT2D eigenvalue weighted by Crippen LogP contribution is 2.43. The zero-order chi connectivity index (χ0) is 14.3. The first-order valence-corrected chi connectivity index (χ1v) is 6.87. The van der Waals surface area contributed by atoms with Gasteiger partial charge in [-0.1, -0.05) is 20.8 Å². The number of carbonyl (C=O) groups is 1. The third-order valence-electron chi connectivity index (χ3n) is 3.94. The Bertz CT molecular complexity index is 520. The van der Waals surface area contributed by atoms with E-state index in [0.29, 0.717) is 5.92 Å². The number of benzene rings is 1. The molecule has 0 aliphatic carbocycles. The minimum atomic E-state index is 0.0286. The van der Waals surface area contributed by atoms with Crippen LogP contribution in [-0.2, 0) is 4.79 Å². The predicted octanol–water partition coefficient (Wildman–Crippen LogP) is 3.42. The van der Waals surface area contributed by atoms with E-state index in [2.05, 4.69) is 19.9 Å². The monoisotopic (exact) mass is 261 g/mol. The second-order valence-electron chi connectivity index (χ2n) is 5.79. The van der Waals surface area contributed by atoms with Gasteiger partial charge < -0.3 is 9.64 Å². The fraction of sp³-hybridized carbons (Fsp3) is 0.562. The van der Waals surface area contributed by atoms with Crippen LogP contribution in [0.5, 0.6) is 5.75 Å². The van der Waals surface area contributed by atoms with Gasteiger partial charge in [-0.3, -0.25) is 4.79 Å². The van der Waals surface area contributed by atoms with E-state index in [1.165, 1.54) is 11.1 Å². The maximum Gasteiger partial charge on any atom is 0.229 e. The number of methoxy groups -OCH3 is 1. The maximum atomic E-state index is 12.3. The highest BCUT2D eigenvalue weighted by Gasteiger charge is 2.33. The minimum absolute atomic E-state index is 0.0286. The number of amides is 1. The van der Waals surface area contributed by atoms with E-state index in [9.17, 15) is 4.79 Å². The van der Waals surface area contributed by atoms with Crippen molar-refractivity contribution in [3.8, 4) is 5.75 Å². The number of aryl methyl sites for hydroxylation is 1. The Morgan fingerprint density at radius 1 is 1.42 bits per heavy atom. The zero-order valence-electron chi connectivity index (χ0n) is 12.7. The Kier molecular flexibility index (Phi) is 3.57. The number of hydrogen-bond acceptors (Lipinski definition) is 2. The standard InChI is InChI=1S/C16H23NO2/c1-9(2)16(18)17-8-11(4)14-12(5)15(19-6)10(3)7-13(14)17/h7,9,11H,8H2,1-6H3. The Balaban J connectivity index is 2.57. The summed E-state index contributed by atoms with van der Waals surface area (Å²) in [4.78, 5) is 14.3. The first-order chi connectivity index (χ1) is 8.88. The van der Waals surface area contributed by atoms with Crippen molar-refractivity contribution < 1.29 is 9.53 Å². The van der Waals surface area contributed by atoms with Crippen LogP contribution in [0.25, 0.3) is 0 Å². The summed E-state index contributed by atoms with van der Waals surface area (Å²) in [6.07, 6.45) is 0. The van der Waals surface area contributed by atoms with Crippen molar-refractivity contribution in [2.75, 3.05) is 18.6 Å². The molecule has 0 radical (unpaired) electrons. The summed E-state index contributed by atoms with van der Waals surface area (Å²) in [5.41, 5.74) is 4.59. The highest BCUT2D eigenvalue weighted by molar-refractivity contribution is 5.97. The van der Waals surface area contributed by atoms with Crippen molar-refractivity contribution in [3.63, 3.8) is 0 Å². The van der Waals surface area contributed by atoms with Crippen LogP contribution in [0.1, 0.15) is 43.4 Å². The zero-order valence-corrected chi connectivity index (χ0v) is 12.7. The molecular formula is C16H23NO2. The van der Waals surface area contributed by atoms with Gasteiger partial charge in [0.05, 0.1) is 7.11 Å². The largest absolute Gasteiger partial charge is 0.496 e.